The van der Waals surface area contributed by atoms with Crippen LogP contribution in [0.25, 0.3) is 0 Å². The number of anilines is 3. The SMILES string of the molecule is Cc1ccc([C@H](Nc2c(Nc3ccc(Cl)c4c3C(=O)N(CCN(C)C)C4)c(=O)c2=O)C(C)(C)C)o1. The number of furan rings is 1. The first-order valence-electron chi connectivity index (χ1n) is 11.6. The van der Waals surface area contributed by atoms with Gasteiger partial charge in [0.2, 0.25) is 0 Å². The summed E-state index contributed by atoms with van der Waals surface area (Å²) in [5.74, 6) is 1.28. The van der Waals surface area contributed by atoms with Gasteiger partial charge in [0.1, 0.15) is 22.9 Å². The Kier molecular flexibility index (Phi) is 6.55. The first-order valence-corrected chi connectivity index (χ1v) is 11.9. The van der Waals surface area contributed by atoms with Crippen LogP contribution in [-0.4, -0.2) is 42.9 Å². The van der Waals surface area contributed by atoms with Crippen molar-refractivity contribution in [1.29, 1.82) is 0 Å². The van der Waals surface area contributed by atoms with E-state index in [1.165, 1.54) is 0 Å². The zero-order valence-corrected chi connectivity index (χ0v) is 21.7. The second-order valence-corrected chi connectivity index (χ2v) is 10.8. The Labute approximate surface area is 209 Å². The molecule has 0 spiro atoms. The molecule has 0 radical (unpaired) electrons. The van der Waals surface area contributed by atoms with E-state index in [0.29, 0.717) is 47.2 Å². The van der Waals surface area contributed by atoms with Crippen molar-refractivity contribution >= 4 is 34.6 Å². The summed E-state index contributed by atoms with van der Waals surface area (Å²) in [6, 6.07) is 6.75. The molecule has 2 heterocycles. The fourth-order valence-electron chi connectivity index (χ4n) is 4.30. The molecule has 2 aromatic carbocycles. The highest BCUT2D eigenvalue weighted by Gasteiger charge is 2.35. The number of nitrogens with one attached hydrogen (secondary N) is 2. The van der Waals surface area contributed by atoms with E-state index in [4.69, 9.17) is 16.0 Å². The Morgan fingerprint density at radius 3 is 2.37 bits per heavy atom. The van der Waals surface area contributed by atoms with Crippen LogP contribution in [0.15, 0.2) is 38.3 Å². The number of amides is 1. The molecule has 186 valence electrons. The summed E-state index contributed by atoms with van der Waals surface area (Å²) in [5.41, 5.74) is 0.379. The van der Waals surface area contributed by atoms with Crippen LogP contribution in [0.5, 0.6) is 0 Å². The third kappa shape index (κ3) is 4.73. The second-order valence-electron chi connectivity index (χ2n) is 10.4. The highest BCUT2D eigenvalue weighted by molar-refractivity contribution is 6.32. The number of benzene rings is 1. The third-order valence-electron chi connectivity index (χ3n) is 6.29. The number of fused-ring (bicyclic) bond motifs is 1. The van der Waals surface area contributed by atoms with Gasteiger partial charge in [0, 0.05) is 30.2 Å². The fourth-order valence-corrected chi connectivity index (χ4v) is 4.52. The molecule has 9 heteroatoms. The van der Waals surface area contributed by atoms with E-state index in [1.807, 2.05) is 58.8 Å². The van der Waals surface area contributed by atoms with Gasteiger partial charge < -0.3 is 24.9 Å². The number of hydrogen-bond acceptors (Lipinski definition) is 7. The van der Waals surface area contributed by atoms with Gasteiger partial charge in [-0.1, -0.05) is 32.4 Å². The number of rotatable bonds is 8. The average molecular weight is 499 g/mol. The van der Waals surface area contributed by atoms with Crippen LogP contribution in [-0.2, 0) is 6.54 Å². The van der Waals surface area contributed by atoms with Crippen LogP contribution in [0, 0.1) is 12.3 Å². The van der Waals surface area contributed by atoms with Crippen LogP contribution >= 0.6 is 11.6 Å². The lowest BCUT2D eigenvalue weighted by Gasteiger charge is -2.31. The molecule has 0 saturated heterocycles. The predicted molar refractivity (Wildman–Crippen MR) is 139 cm³/mol. The minimum Gasteiger partial charge on any atom is -0.464 e. The summed E-state index contributed by atoms with van der Waals surface area (Å²) in [4.78, 5) is 42.1. The number of halogens is 1. The monoisotopic (exact) mass is 498 g/mol. The summed E-state index contributed by atoms with van der Waals surface area (Å²) < 4.78 is 5.83. The molecule has 1 atom stereocenters. The van der Waals surface area contributed by atoms with Crippen LogP contribution in [0.3, 0.4) is 0 Å². The Balaban J connectivity index is 1.65. The molecule has 1 aliphatic heterocycles. The van der Waals surface area contributed by atoms with Crippen LogP contribution < -0.4 is 21.5 Å². The van der Waals surface area contributed by atoms with Crippen LogP contribution in [0.4, 0.5) is 17.1 Å². The van der Waals surface area contributed by atoms with Gasteiger partial charge in [-0.15, -0.1) is 0 Å². The second kappa shape index (κ2) is 9.17. The zero-order valence-electron chi connectivity index (χ0n) is 20.9. The first kappa shape index (κ1) is 25.0. The molecule has 2 N–H and O–H groups in total. The van der Waals surface area contributed by atoms with E-state index >= 15 is 0 Å². The minimum absolute atomic E-state index is 0.136. The fraction of sp³-hybridized carbons (Fsp3) is 0.423. The molecule has 1 aliphatic rings. The van der Waals surface area contributed by atoms with Crippen molar-refractivity contribution in [2.24, 2.45) is 5.41 Å². The standard InChI is InChI=1S/C26H31ClN4O4/c1-14-7-10-18(35-14)24(26(2,3)4)29-21-20(22(32)23(21)33)28-17-9-8-16(27)15-13-31(12-11-30(5)6)25(34)19(15)17/h7-10,24,28-29H,11-13H2,1-6H3/t24-/m0/s1. The molecule has 1 amide bonds. The van der Waals surface area contributed by atoms with Crippen molar-refractivity contribution in [2.75, 3.05) is 37.8 Å². The van der Waals surface area contributed by atoms with E-state index in [9.17, 15) is 14.4 Å². The zero-order chi connectivity index (χ0) is 25.7. The number of nitrogens with zero attached hydrogens (tertiary/aromatic N) is 2. The molecule has 1 aromatic heterocycles. The largest absolute Gasteiger partial charge is 0.464 e. The molecular weight excluding hydrogens is 468 g/mol. The Morgan fingerprint density at radius 2 is 1.77 bits per heavy atom. The van der Waals surface area contributed by atoms with Gasteiger partial charge in [0.25, 0.3) is 16.8 Å². The highest BCUT2D eigenvalue weighted by atomic mass is 35.5. The molecule has 0 fully saturated rings. The van der Waals surface area contributed by atoms with Gasteiger partial charge in [0.15, 0.2) is 0 Å². The van der Waals surface area contributed by atoms with Gasteiger partial charge in [-0.05, 0) is 50.7 Å². The molecule has 8 nitrogen and oxygen atoms in total. The first-order chi connectivity index (χ1) is 16.4. The van der Waals surface area contributed by atoms with Gasteiger partial charge in [0.05, 0.1) is 17.3 Å². The average Bonchev–Trinajstić information content (AvgIpc) is 3.35. The number of carbonyl (C=O) groups excluding carboxylic acids is 1. The summed E-state index contributed by atoms with van der Waals surface area (Å²) in [5, 5.41) is 6.79. The maximum atomic E-state index is 13.2. The van der Waals surface area contributed by atoms with Gasteiger partial charge >= 0.3 is 0 Å². The normalized spacial score (nSPS) is 14.6. The Bertz CT molecular complexity index is 1340. The molecule has 35 heavy (non-hydrogen) atoms. The maximum Gasteiger partial charge on any atom is 0.256 e. The maximum absolute atomic E-state index is 13.2. The van der Waals surface area contributed by atoms with E-state index in [1.54, 1.807) is 17.0 Å². The lowest BCUT2D eigenvalue weighted by atomic mass is 9.85. The predicted octanol–water partition coefficient (Wildman–Crippen LogP) is 4.30. The third-order valence-corrected chi connectivity index (χ3v) is 6.65. The molecule has 4 rings (SSSR count). The summed E-state index contributed by atoms with van der Waals surface area (Å²) in [7, 11) is 3.89. The minimum atomic E-state index is -0.630. The van der Waals surface area contributed by atoms with Crippen molar-refractivity contribution < 1.29 is 9.21 Å². The van der Waals surface area contributed by atoms with Crippen molar-refractivity contribution in [3.63, 3.8) is 0 Å². The van der Waals surface area contributed by atoms with E-state index in [2.05, 4.69) is 10.6 Å². The van der Waals surface area contributed by atoms with Crippen LogP contribution in [0.2, 0.25) is 5.02 Å². The lowest BCUT2D eigenvalue weighted by molar-refractivity contribution is 0.0769. The molecule has 0 bridgehead atoms. The Hall–Kier alpha value is -3.10. The van der Waals surface area contributed by atoms with E-state index in [-0.39, 0.29) is 28.7 Å². The highest BCUT2D eigenvalue weighted by Crippen LogP contribution is 2.39. The molecule has 0 saturated carbocycles. The van der Waals surface area contributed by atoms with E-state index in [0.717, 1.165) is 5.76 Å². The van der Waals surface area contributed by atoms with Gasteiger partial charge in [-0.2, -0.15) is 0 Å². The summed E-state index contributed by atoms with van der Waals surface area (Å²) in [6.45, 7) is 9.59. The van der Waals surface area contributed by atoms with E-state index < -0.39 is 10.9 Å². The number of likely N-dealkylation sites (N-methyl/N-ethyl adjacent to an activating group) is 1. The topological polar surface area (TPSA) is 94.9 Å². The summed E-state index contributed by atoms with van der Waals surface area (Å²) in [6.07, 6.45) is 0. The molecular formula is C26H31ClN4O4. The number of aryl methyl sites for hydroxylation is 1. The van der Waals surface area contributed by atoms with Crippen molar-refractivity contribution in [3.8, 4) is 0 Å². The van der Waals surface area contributed by atoms with Crippen LogP contribution in [0.1, 0.15) is 54.3 Å². The molecule has 0 aliphatic carbocycles. The summed E-state index contributed by atoms with van der Waals surface area (Å²) >= 11 is 6.42. The molecule has 0 unspecified atom stereocenters. The Morgan fingerprint density at radius 1 is 1.09 bits per heavy atom. The number of hydrogen-bond donors (Lipinski definition) is 2. The van der Waals surface area contributed by atoms with Gasteiger partial charge in [-0.3, -0.25) is 14.4 Å². The van der Waals surface area contributed by atoms with Gasteiger partial charge in [-0.25, -0.2) is 0 Å². The quantitative estimate of drug-likeness (QED) is 0.447. The van der Waals surface area contributed by atoms with Crippen molar-refractivity contribution in [3.05, 3.63) is 72.4 Å². The van der Waals surface area contributed by atoms with Crippen molar-refractivity contribution in [2.45, 2.75) is 40.3 Å². The number of carbonyl (C=O) groups is 1. The smallest absolute Gasteiger partial charge is 0.256 e. The van der Waals surface area contributed by atoms with Crippen molar-refractivity contribution in [1.82, 2.24) is 9.80 Å². The lowest BCUT2D eigenvalue weighted by Crippen LogP contribution is -2.39. The molecule has 3 aromatic rings.